The molecule has 0 aliphatic carbocycles. The van der Waals surface area contributed by atoms with Gasteiger partial charge in [-0.1, -0.05) is 35.9 Å². The Balaban J connectivity index is 1.82. The fourth-order valence-electron chi connectivity index (χ4n) is 2.95. The molecular weight excluding hydrogens is 352 g/mol. The quantitative estimate of drug-likeness (QED) is 0.440. The van der Waals surface area contributed by atoms with Gasteiger partial charge < -0.3 is 9.72 Å². The van der Waals surface area contributed by atoms with Crippen molar-refractivity contribution in [3.05, 3.63) is 64.2 Å². The molecule has 0 atom stereocenters. The number of aryl methyl sites for hydroxylation is 1. The van der Waals surface area contributed by atoms with Crippen LogP contribution in [0.4, 0.5) is 0 Å². The smallest absolute Gasteiger partial charge is 0.339 e. The van der Waals surface area contributed by atoms with Crippen molar-refractivity contribution in [1.82, 2.24) is 19.9 Å². The minimum Gasteiger partial charge on any atom is -0.465 e. The summed E-state index contributed by atoms with van der Waals surface area (Å²) >= 11 is 6.42. The summed E-state index contributed by atoms with van der Waals surface area (Å²) in [6.45, 7) is 2.05. The number of pyridine rings is 1. The van der Waals surface area contributed by atoms with Crippen LogP contribution in [0.3, 0.4) is 0 Å². The molecule has 0 spiro atoms. The molecule has 0 saturated heterocycles. The third-order valence-corrected chi connectivity index (χ3v) is 4.59. The number of hydrogen-bond acceptors (Lipinski definition) is 5. The number of nitrogens with one attached hydrogen (secondary N) is 1. The Bertz CT molecular complexity index is 1150. The molecule has 0 saturated carbocycles. The molecule has 1 N–H and O–H groups in total. The van der Waals surface area contributed by atoms with Crippen molar-refractivity contribution < 1.29 is 9.53 Å². The van der Waals surface area contributed by atoms with Gasteiger partial charge in [-0.15, -0.1) is 0 Å². The van der Waals surface area contributed by atoms with Gasteiger partial charge in [-0.2, -0.15) is 0 Å². The number of carbonyl (C=O) groups is 1. The van der Waals surface area contributed by atoms with Crippen molar-refractivity contribution in [2.24, 2.45) is 0 Å². The highest BCUT2D eigenvalue weighted by Crippen LogP contribution is 2.29. The van der Waals surface area contributed by atoms with Gasteiger partial charge in [0.25, 0.3) is 0 Å². The summed E-state index contributed by atoms with van der Waals surface area (Å²) in [4.78, 5) is 28.2. The average molecular weight is 367 g/mol. The van der Waals surface area contributed by atoms with Gasteiger partial charge in [-0.25, -0.2) is 14.8 Å². The number of fused-ring (bicyclic) bond motifs is 3. The monoisotopic (exact) mass is 366 g/mol. The molecule has 0 aliphatic heterocycles. The SMILES string of the molecule is COC(=O)c1cnc2c(c1)[nH]c1nc(Cc3ccccc3C)nc(Cl)c12. The Morgan fingerprint density at radius 1 is 1.27 bits per heavy atom. The number of nitrogens with zero attached hydrogens (tertiary/aromatic N) is 3. The van der Waals surface area contributed by atoms with E-state index in [1.807, 2.05) is 18.2 Å². The Morgan fingerprint density at radius 3 is 2.85 bits per heavy atom. The van der Waals surface area contributed by atoms with Crippen LogP contribution in [0.25, 0.3) is 22.1 Å². The molecule has 0 radical (unpaired) electrons. The molecule has 4 rings (SSSR count). The number of carbonyl (C=O) groups excluding carboxylic acids is 1. The van der Waals surface area contributed by atoms with Crippen LogP contribution in [0.2, 0.25) is 5.15 Å². The summed E-state index contributed by atoms with van der Waals surface area (Å²) in [6, 6.07) is 9.76. The Morgan fingerprint density at radius 2 is 2.08 bits per heavy atom. The van der Waals surface area contributed by atoms with E-state index in [0.29, 0.717) is 45.0 Å². The van der Waals surface area contributed by atoms with Crippen molar-refractivity contribution in [2.75, 3.05) is 7.11 Å². The van der Waals surface area contributed by atoms with Crippen molar-refractivity contribution in [1.29, 1.82) is 0 Å². The zero-order valence-electron chi connectivity index (χ0n) is 14.2. The van der Waals surface area contributed by atoms with E-state index in [9.17, 15) is 4.79 Å². The van der Waals surface area contributed by atoms with Crippen molar-refractivity contribution in [3.63, 3.8) is 0 Å². The highest BCUT2D eigenvalue weighted by molar-refractivity contribution is 6.36. The van der Waals surface area contributed by atoms with Crippen molar-refractivity contribution in [3.8, 4) is 0 Å². The first-order valence-electron chi connectivity index (χ1n) is 8.03. The first-order valence-corrected chi connectivity index (χ1v) is 8.41. The Labute approximate surface area is 154 Å². The second-order valence-corrected chi connectivity index (χ2v) is 6.35. The fourth-order valence-corrected chi connectivity index (χ4v) is 3.23. The third-order valence-electron chi connectivity index (χ3n) is 4.32. The van der Waals surface area contributed by atoms with Gasteiger partial charge >= 0.3 is 5.97 Å². The van der Waals surface area contributed by atoms with Crippen LogP contribution in [-0.4, -0.2) is 33.0 Å². The van der Waals surface area contributed by atoms with Gasteiger partial charge in [-0.3, -0.25) is 4.98 Å². The standard InChI is InChI=1S/C19H15ClN4O2/c1-10-5-3-4-6-11(10)8-14-23-17(20)15-16-13(22-18(15)24-14)7-12(9-21-16)19(25)26-2/h3-7,9H,8H2,1-2H3,(H,22,23,24). The third kappa shape index (κ3) is 2.78. The summed E-state index contributed by atoms with van der Waals surface area (Å²) in [7, 11) is 1.33. The number of esters is 1. The number of methoxy groups -OCH3 is 1. The van der Waals surface area contributed by atoms with E-state index in [4.69, 9.17) is 16.3 Å². The second-order valence-electron chi connectivity index (χ2n) is 5.99. The van der Waals surface area contributed by atoms with E-state index in [1.165, 1.54) is 18.9 Å². The molecule has 130 valence electrons. The van der Waals surface area contributed by atoms with Gasteiger partial charge in [0.15, 0.2) is 0 Å². The normalized spacial score (nSPS) is 11.2. The predicted molar refractivity (Wildman–Crippen MR) is 99.5 cm³/mol. The van der Waals surface area contributed by atoms with Crippen molar-refractivity contribution in [2.45, 2.75) is 13.3 Å². The van der Waals surface area contributed by atoms with Gasteiger partial charge in [0.05, 0.1) is 23.6 Å². The maximum atomic E-state index is 11.7. The molecule has 26 heavy (non-hydrogen) atoms. The molecule has 0 aliphatic rings. The number of H-pyrrole nitrogens is 1. The molecule has 6 nitrogen and oxygen atoms in total. The van der Waals surface area contributed by atoms with Crippen LogP contribution in [0.5, 0.6) is 0 Å². The molecule has 0 unspecified atom stereocenters. The number of halogens is 1. The number of ether oxygens (including phenoxy) is 1. The molecular formula is C19H15ClN4O2. The van der Waals surface area contributed by atoms with E-state index >= 15 is 0 Å². The first-order chi connectivity index (χ1) is 12.6. The molecule has 7 heteroatoms. The molecule has 0 amide bonds. The lowest BCUT2D eigenvalue weighted by Crippen LogP contribution is -2.01. The van der Waals surface area contributed by atoms with E-state index in [2.05, 4.69) is 32.9 Å². The fraction of sp³-hybridized carbons (Fsp3) is 0.158. The number of hydrogen-bond donors (Lipinski definition) is 1. The van der Waals surface area contributed by atoms with Gasteiger partial charge in [0.1, 0.15) is 22.1 Å². The number of aromatic nitrogens is 4. The van der Waals surface area contributed by atoms with E-state index in [0.717, 1.165) is 5.56 Å². The minimum absolute atomic E-state index is 0.336. The van der Waals surface area contributed by atoms with Gasteiger partial charge in [0, 0.05) is 12.6 Å². The molecule has 3 heterocycles. The van der Waals surface area contributed by atoms with E-state index in [1.54, 1.807) is 6.07 Å². The van der Waals surface area contributed by atoms with Crippen LogP contribution in [0.15, 0.2) is 36.5 Å². The van der Waals surface area contributed by atoms with Crippen LogP contribution in [0.1, 0.15) is 27.3 Å². The predicted octanol–water partition coefficient (Wildman–Crippen LogP) is 3.85. The maximum absolute atomic E-state index is 11.7. The molecule has 3 aromatic heterocycles. The van der Waals surface area contributed by atoms with Gasteiger partial charge in [-0.05, 0) is 24.1 Å². The minimum atomic E-state index is -0.449. The molecule has 4 aromatic rings. The number of rotatable bonds is 3. The molecule has 1 aromatic carbocycles. The van der Waals surface area contributed by atoms with Crippen LogP contribution >= 0.6 is 11.6 Å². The Hall–Kier alpha value is -2.99. The second kappa shape index (κ2) is 6.38. The van der Waals surface area contributed by atoms with Crippen LogP contribution in [0, 0.1) is 6.92 Å². The summed E-state index contributed by atoms with van der Waals surface area (Å²) < 4.78 is 4.73. The number of benzene rings is 1. The van der Waals surface area contributed by atoms with E-state index in [-0.39, 0.29) is 0 Å². The van der Waals surface area contributed by atoms with Crippen LogP contribution < -0.4 is 0 Å². The van der Waals surface area contributed by atoms with E-state index < -0.39 is 5.97 Å². The summed E-state index contributed by atoms with van der Waals surface area (Å²) in [5.74, 6) is 0.173. The summed E-state index contributed by atoms with van der Waals surface area (Å²) in [5, 5.41) is 0.981. The van der Waals surface area contributed by atoms with Crippen LogP contribution in [-0.2, 0) is 11.2 Å². The van der Waals surface area contributed by atoms with Gasteiger partial charge in [0.2, 0.25) is 0 Å². The maximum Gasteiger partial charge on any atom is 0.339 e. The zero-order chi connectivity index (χ0) is 18.3. The first kappa shape index (κ1) is 16.5. The topological polar surface area (TPSA) is 80.8 Å². The summed E-state index contributed by atoms with van der Waals surface area (Å²) in [6.07, 6.45) is 2.04. The highest BCUT2D eigenvalue weighted by atomic mass is 35.5. The highest BCUT2D eigenvalue weighted by Gasteiger charge is 2.16. The Kier molecular flexibility index (Phi) is 4.05. The zero-order valence-corrected chi connectivity index (χ0v) is 15.0. The van der Waals surface area contributed by atoms with Crippen molar-refractivity contribution >= 4 is 39.6 Å². The number of aromatic amines is 1. The average Bonchev–Trinajstić information content (AvgIpc) is 3.00. The lowest BCUT2D eigenvalue weighted by atomic mass is 10.1. The lowest BCUT2D eigenvalue weighted by molar-refractivity contribution is 0.0600. The largest absolute Gasteiger partial charge is 0.465 e. The lowest BCUT2D eigenvalue weighted by Gasteiger charge is -2.05. The summed E-state index contributed by atoms with van der Waals surface area (Å²) in [5.41, 5.74) is 4.56. The molecule has 0 bridgehead atoms. The molecule has 0 fully saturated rings.